The zero-order valence-corrected chi connectivity index (χ0v) is 13.1. The predicted molar refractivity (Wildman–Crippen MR) is 83.3 cm³/mol. The molecule has 3 heteroatoms. The Morgan fingerprint density at radius 1 is 1.33 bits per heavy atom. The van der Waals surface area contributed by atoms with Crippen LogP contribution in [0, 0.1) is 6.92 Å². The van der Waals surface area contributed by atoms with Gasteiger partial charge in [-0.15, -0.1) is 11.3 Å². The monoisotopic (exact) mass is 323 g/mol. The molecule has 1 atom stereocenters. The molecule has 0 saturated heterocycles. The van der Waals surface area contributed by atoms with Crippen LogP contribution >= 0.6 is 27.3 Å². The maximum Gasteiger partial charge on any atom is 0.0671 e. The van der Waals surface area contributed by atoms with Crippen LogP contribution in [0.3, 0.4) is 0 Å². The molecule has 0 bridgehead atoms. The van der Waals surface area contributed by atoms with Crippen LogP contribution in [0.2, 0.25) is 0 Å². The van der Waals surface area contributed by atoms with Gasteiger partial charge in [0, 0.05) is 14.7 Å². The van der Waals surface area contributed by atoms with Gasteiger partial charge in [0.2, 0.25) is 0 Å². The van der Waals surface area contributed by atoms with Gasteiger partial charge in [-0.1, -0.05) is 36.8 Å². The Morgan fingerprint density at radius 2 is 2.17 bits per heavy atom. The minimum Gasteiger partial charge on any atom is -0.306 e. The van der Waals surface area contributed by atoms with E-state index in [1.807, 2.05) is 0 Å². The highest BCUT2D eigenvalue weighted by Crippen LogP contribution is 2.30. The minimum absolute atomic E-state index is 0.307. The smallest absolute Gasteiger partial charge is 0.0671 e. The Balaban J connectivity index is 2.30. The molecule has 1 nitrogen and oxygen atoms in total. The number of benzene rings is 1. The van der Waals surface area contributed by atoms with Crippen LogP contribution in [0.4, 0.5) is 0 Å². The maximum absolute atomic E-state index is 3.63. The Labute approximate surface area is 121 Å². The highest BCUT2D eigenvalue weighted by molar-refractivity contribution is 9.10. The number of aryl methyl sites for hydroxylation is 1. The highest BCUT2D eigenvalue weighted by atomic mass is 79.9. The first-order chi connectivity index (χ1) is 8.70. The lowest BCUT2D eigenvalue weighted by Crippen LogP contribution is -2.22. The summed E-state index contributed by atoms with van der Waals surface area (Å²) in [6, 6.07) is 11.3. The molecule has 18 heavy (non-hydrogen) atoms. The van der Waals surface area contributed by atoms with Crippen LogP contribution in [-0.2, 0) is 0 Å². The minimum atomic E-state index is 0.307. The molecule has 0 radical (unpaired) electrons. The molecule has 2 rings (SSSR count). The second-order valence-electron chi connectivity index (χ2n) is 4.47. The molecule has 1 unspecified atom stereocenters. The molecule has 1 heterocycles. The topological polar surface area (TPSA) is 12.0 Å². The van der Waals surface area contributed by atoms with E-state index >= 15 is 0 Å². The standard InChI is InChI=1S/C15H18BrNS/c1-3-7-17-15(14-9-13(16)10-18-14)12-6-4-5-11(2)8-12/h4-6,8-10,15,17H,3,7H2,1-2H3. The summed E-state index contributed by atoms with van der Waals surface area (Å²) in [5.41, 5.74) is 2.66. The Bertz CT molecular complexity index is 507. The summed E-state index contributed by atoms with van der Waals surface area (Å²) in [5, 5.41) is 5.78. The molecule has 96 valence electrons. The van der Waals surface area contributed by atoms with Crippen molar-refractivity contribution >= 4 is 27.3 Å². The summed E-state index contributed by atoms with van der Waals surface area (Å²) in [5.74, 6) is 0. The average Bonchev–Trinajstić information content (AvgIpc) is 2.76. The third-order valence-corrected chi connectivity index (χ3v) is 4.60. The van der Waals surface area contributed by atoms with Crippen LogP contribution < -0.4 is 5.32 Å². The van der Waals surface area contributed by atoms with E-state index in [-0.39, 0.29) is 0 Å². The Hall–Kier alpha value is -0.640. The first-order valence-corrected chi connectivity index (χ1v) is 7.92. The fraction of sp³-hybridized carbons (Fsp3) is 0.333. The molecular weight excluding hydrogens is 306 g/mol. The van der Waals surface area contributed by atoms with Gasteiger partial charge in [-0.05, 0) is 47.4 Å². The van der Waals surface area contributed by atoms with Crippen LogP contribution in [0.1, 0.15) is 35.4 Å². The van der Waals surface area contributed by atoms with Crippen LogP contribution in [0.25, 0.3) is 0 Å². The summed E-state index contributed by atoms with van der Waals surface area (Å²) in [7, 11) is 0. The van der Waals surface area contributed by atoms with E-state index < -0.39 is 0 Å². The fourth-order valence-corrected chi connectivity index (χ4v) is 3.55. The van der Waals surface area contributed by atoms with E-state index in [2.05, 4.69) is 70.8 Å². The molecule has 1 aromatic heterocycles. The van der Waals surface area contributed by atoms with E-state index in [1.165, 1.54) is 20.5 Å². The van der Waals surface area contributed by atoms with Gasteiger partial charge in [-0.25, -0.2) is 0 Å². The second-order valence-corrected chi connectivity index (χ2v) is 6.33. The van der Waals surface area contributed by atoms with Gasteiger partial charge in [0.1, 0.15) is 0 Å². The maximum atomic E-state index is 3.63. The summed E-state index contributed by atoms with van der Waals surface area (Å²) in [4.78, 5) is 1.36. The largest absolute Gasteiger partial charge is 0.306 e. The number of thiophene rings is 1. The van der Waals surface area contributed by atoms with Gasteiger partial charge in [0.25, 0.3) is 0 Å². The Kier molecular flexibility index (Phi) is 4.98. The lowest BCUT2D eigenvalue weighted by molar-refractivity contribution is 0.605. The van der Waals surface area contributed by atoms with Gasteiger partial charge in [-0.2, -0.15) is 0 Å². The lowest BCUT2D eigenvalue weighted by atomic mass is 10.0. The van der Waals surface area contributed by atoms with E-state index in [1.54, 1.807) is 11.3 Å². The van der Waals surface area contributed by atoms with Gasteiger partial charge < -0.3 is 5.32 Å². The zero-order chi connectivity index (χ0) is 13.0. The van der Waals surface area contributed by atoms with Crippen molar-refractivity contribution in [3.8, 4) is 0 Å². The third-order valence-electron chi connectivity index (χ3n) is 2.85. The van der Waals surface area contributed by atoms with Crippen molar-refractivity contribution in [1.29, 1.82) is 0 Å². The van der Waals surface area contributed by atoms with Crippen molar-refractivity contribution in [2.24, 2.45) is 0 Å². The predicted octanol–water partition coefficient (Wildman–Crippen LogP) is 4.91. The number of hydrogen-bond donors (Lipinski definition) is 1. The quantitative estimate of drug-likeness (QED) is 0.824. The molecule has 0 saturated carbocycles. The summed E-state index contributed by atoms with van der Waals surface area (Å²) in [6.45, 7) is 5.38. The molecule has 2 aromatic rings. The molecule has 1 N–H and O–H groups in total. The Morgan fingerprint density at radius 3 is 2.78 bits per heavy atom. The van der Waals surface area contributed by atoms with Crippen molar-refractivity contribution in [3.63, 3.8) is 0 Å². The normalized spacial score (nSPS) is 12.6. The molecule has 0 aliphatic rings. The number of hydrogen-bond acceptors (Lipinski definition) is 2. The first-order valence-electron chi connectivity index (χ1n) is 6.24. The molecular formula is C15H18BrNS. The van der Waals surface area contributed by atoms with Crippen LogP contribution in [0.15, 0.2) is 40.2 Å². The molecule has 0 aliphatic heterocycles. The van der Waals surface area contributed by atoms with E-state index in [0.29, 0.717) is 6.04 Å². The first kappa shape index (κ1) is 13.8. The van der Waals surface area contributed by atoms with E-state index in [9.17, 15) is 0 Å². The van der Waals surface area contributed by atoms with Crippen LogP contribution in [-0.4, -0.2) is 6.54 Å². The fourth-order valence-electron chi connectivity index (χ4n) is 2.00. The molecule has 1 aromatic carbocycles. The molecule has 0 amide bonds. The van der Waals surface area contributed by atoms with Gasteiger partial charge in [-0.3, -0.25) is 0 Å². The van der Waals surface area contributed by atoms with Crippen molar-refractivity contribution in [3.05, 3.63) is 56.2 Å². The van der Waals surface area contributed by atoms with E-state index in [0.717, 1.165) is 13.0 Å². The van der Waals surface area contributed by atoms with Crippen molar-refractivity contribution in [2.75, 3.05) is 6.54 Å². The summed E-state index contributed by atoms with van der Waals surface area (Å²) >= 11 is 5.34. The average molecular weight is 324 g/mol. The highest BCUT2D eigenvalue weighted by Gasteiger charge is 2.15. The SMILES string of the molecule is CCCNC(c1cccc(C)c1)c1cc(Br)cs1. The van der Waals surface area contributed by atoms with Crippen molar-refractivity contribution in [1.82, 2.24) is 5.32 Å². The molecule has 0 fully saturated rings. The lowest BCUT2D eigenvalue weighted by Gasteiger charge is -2.18. The van der Waals surface area contributed by atoms with Gasteiger partial charge in [0.15, 0.2) is 0 Å². The second kappa shape index (κ2) is 6.50. The van der Waals surface area contributed by atoms with Gasteiger partial charge in [0.05, 0.1) is 6.04 Å². The number of halogens is 1. The summed E-state index contributed by atoms with van der Waals surface area (Å²) < 4.78 is 1.17. The summed E-state index contributed by atoms with van der Waals surface area (Å²) in [6.07, 6.45) is 1.15. The molecule has 0 aliphatic carbocycles. The number of rotatable bonds is 5. The van der Waals surface area contributed by atoms with Crippen LogP contribution in [0.5, 0.6) is 0 Å². The van der Waals surface area contributed by atoms with Gasteiger partial charge >= 0.3 is 0 Å². The van der Waals surface area contributed by atoms with E-state index in [4.69, 9.17) is 0 Å². The zero-order valence-electron chi connectivity index (χ0n) is 10.7. The molecule has 0 spiro atoms. The third kappa shape index (κ3) is 3.44. The van der Waals surface area contributed by atoms with Crippen molar-refractivity contribution in [2.45, 2.75) is 26.3 Å². The number of nitrogens with one attached hydrogen (secondary N) is 1. The van der Waals surface area contributed by atoms with Crippen molar-refractivity contribution < 1.29 is 0 Å².